The lowest BCUT2D eigenvalue weighted by atomic mass is 9.62. The number of benzene rings is 1. The van der Waals surface area contributed by atoms with Gasteiger partial charge in [-0.1, -0.05) is 50.2 Å². The number of rotatable bonds is 6. The van der Waals surface area contributed by atoms with Crippen LogP contribution in [-0.2, 0) is 15.8 Å². The number of hydrogen-bond donors (Lipinski definition) is 1. The van der Waals surface area contributed by atoms with E-state index < -0.39 is 16.4 Å². The predicted octanol–water partition coefficient (Wildman–Crippen LogP) is 4.34. The number of aromatic nitrogens is 3. The monoisotopic (exact) mass is 517 g/mol. The highest BCUT2D eigenvalue weighted by molar-refractivity contribution is 5.73. The van der Waals surface area contributed by atoms with Crippen molar-refractivity contribution in [3.8, 4) is 11.4 Å². The Labute approximate surface area is 225 Å². The molecule has 3 aromatic rings. The van der Waals surface area contributed by atoms with Gasteiger partial charge in [0.1, 0.15) is 5.60 Å². The van der Waals surface area contributed by atoms with E-state index in [9.17, 15) is 9.90 Å². The molecule has 2 aliphatic rings. The molecule has 5 rings (SSSR count). The molecule has 202 valence electrons. The van der Waals surface area contributed by atoms with Gasteiger partial charge in [-0.25, -0.2) is 0 Å². The van der Waals surface area contributed by atoms with Gasteiger partial charge in [-0.05, 0) is 49.9 Å². The number of pyridine rings is 1. The van der Waals surface area contributed by atoms with Crippen LogP contribution in [0.15, 0.2) is 47.2 Å². The summed E-state index contributed by atoms with van der Waals surface area (Å²) in [6, 6.07) is 10.2. The number of amides is 1. The summed E-state index contributed by atoms with van der Waals surface area (Å²) in [5.74, 6) is 1.43. The molecule has 2 saturated heterocycles. The van der Waals surface area contributed by atoms with Gasteiger partial charge in [0.15, 0.2) is 0 Å². The van der Waals surface area contributed by atoms with Gasteiger partial charge < -0.3 is 19.4 Å². The number of hydrogen-bond acceptors (Lipinski definition) is 7. The molecule has 0 aliphatic carbocycles. The zero-order valence-corrected chi connectivity index (χ0v) is 23.4. The molecule has 8 nitrogen and oxygen atoms in total. The fourth-order valence-electron chi connectivity index (χ4n) is 6.38. The number of carbonyl (C=O) groups excluding carboxylic acids is 1. The number of likely N-dealkylation sites (tertiary alicyclic amines) is 2. The van der Waals surface area contributed by atoms with Gasteiger partial charge in [-0.2, -0.15) is 4.98 Å². The Morgan fingerprint density at radius 3 is 2.45 bits per heavy atom. The van der Waals surface area contributed by atoms with E-state index in [0.717, 1.165) is 38.0 Å². The summed E-state index contributed by atoms with van der Waals surface area (Å²) >= 11 is 0. The van der Waals surface area contributed by atoms with Gasteiger partial charge in [-0.15, -0.1) is 0 Å². The molecule has 2 aliphatic heterocycles. The van der Waals surface area contributed by atoms with Crippen molar-refractivity contribution in [1.82, 2.24) is 24.9 Å². The largest absolute Gasteiger partial charge is 0.380 e. The minimum Gasteiger partial charge on any atom is -0.380 e. The molecule has 2 aromatic heterocycles. The molecule has 1 N–H and O–H groups in total. The topological polar surface area (TPSA) is 95.6 Å². The summed E-state index contributed by atoms with van der Waals surface area (Å²) in [5.41, 5.74) is 1.44. The molecule has 8 heteroatoms. The molecule has 4 heterocycles. The minimum atomic E-state index is -1.25. The van der Waals surface area contributed by atoms with Crippen molar-refractivity contribution in [2.24, 2.45) is 5.41 Å². The number of nitrogens with zero attached hydrogens (tertiary/aromatic N) is 5. The van der Waals surface area contributed by atoms with Gasteiger partial charge in [0, 0.05) is 62.0 Å². The van der Waals surface area contributed by atoms with Gasteiger partial charge in [-0.3, -0.25) is 9.78 Å². The second-order valence-electron chi connectivity index (χ2n) is 12.2. The molecule has 1 aromatic carbocycles. The average molecular weight is 518 g/mol. The molecule has 0 saturated carbocycles. The highest BCUT2D eigenvalue weighted by Gasteiger charge is 2.55. The van der Waals surface area contributed by atoms with Crippen LogP contribution in [0.4, 0.5) is 0 Å². The zero-order valence-electron chi connectivity index (χ0n) is 23.4. The summed E-state index contributed by atoms with van der Waals surface area (Å²) < 4.78 is 5.75. The molecular formula is C30H39N5O3. The van der Waals surface area contributed by atoms with Gasteiger partial charge >= 0.3 is 0 Å². The maximum absolute atomic E-state index is 12.5. The van der Waals surface area contributed by atoms with Crippen molar-refractivity contribution < 1.29 is 14.4 Å². The summed E-state index contributed by atoms with van der Waals surface area (Å²) in [7, 11) is 2.07. The van der Waals surface area contributed by atoms with Crippen LogP contribution in [0.5, 0.6) is 0 Å². The van der Waals surface area contributed by atoms with Crippen LogP contribution in [0.3, 0.4) is 0 Å². The number of carbonyl (C=O) groups is 1. The van der Waals surface area contributed by atoms with E-state index in [-0.39, 0.29) is 5.91 Å². The lowest BCUT2D eigenvalue weighted by molar-refractivity contribution is -0.131. The summed E-state index contributed by atoms with van der Waals surface area (Å²) in [6.45, 7) is 13.0. The normalized spacial score (nSPS) is 23.2. The Morgan fingerprint density at radius 2 is 1.82 bits per heavy atom. The van der Waals surface area contributed by atoms with E-state index in [2.05, 4.69) is 61.9 Å². The summed E-state index contributed by atoms with van der Waals surface area (Å²) in [5, 5.41) is 16.8. The SMILES string of the molecule is CC(=O)N1CCCC(C)(c2nc(-c3cncc([C@@](O)(c4ccc(C(C)C)cc4)C4(C)CN(C)C4)c3)no2)C1. The van der Waals surface area contributed by atoms with Crippen molar-refractivity contribution in [1.29, 1.82) is 0 Å². The average Bonchev–Trinajstić information content (AvgIpc) is 3.39. The zero-order chi connectivity index (χ0) is 27.3. The Bertz CT molecular complexity index is 1310. The van der Waals surface area contributed by atoms with Crippen LogP contribution in [0.2, 0.25) is 0 Å². The van der Waals surface area contributed by atoms with E-state index in [1.807, 2.05) is 23.1 Å². The van der Waals surface area contributed by atoms with Crippen molar-refractivity contribution in [3.63, 3.8) is 0 Å². The van der Waals surface area contributed by atoms with Crippen molar-refractivity contribution in [3.05, 3.63) is 65.3 Å². The molecule has 0 bridgehead atoms. The third kappa shape index (κ3) is 4.43. The van der Waals surface area contributed by atoms with Gasteiger partial charge in [0.25, 0.3) is 0 Å². The fourth-order valence-corrected chi connectivity index (χ4v) is 6.38. The van der Waals surface area contributed by atoms with E-state index in [1.165, 1.54) is 5.56 Å². The van der Waals surface area contributed by atoms with Crippen molar-refractivity contribution in [2.75, 3.05) is 33.2 Å². The van der Waals surface area contributed by atoms with Crippen LogP contribution < -0.4 is 0 Å². The first-order valence-corrected chi connectivity index (χ1v) is 13.5. The van der Waals surface area contributed by atoms with Crippen LogP contribution >= 0.6 is 0 Å². The van der Waals surface area contributed by atoms with Crippen LogP contribution in [0.25, 0.3) is 11.4 Å². The lowest BCUT2D eigenvalue weighted by Gasteiger charge is -2.55. The fraction of sp³-hybridized carbons (Fsp3) is 0.533. The third-order valence-corrected chi connectivity index (χ3v) is 8.60. The molecular weight excluding hydrogens is 478 g/mol. The molecule has 38 heavy (non-hydrogen) atoms. The molecule has 2 atom stereocenters. The summed E-state index contributed by atoms with van der Waals surface area (Å²) in [4.78, 5) is 25.3. The van der Waals surface area contributed by atoms with E-state index in [1.54, 1.807) is 19.3 Å². The molecule has 0 radical (unpaired) electrons. The molecule has 2 fully saturated rings. The van der Waals surface area contributed by atoms with Gasteiger partial charge in [0.05, 0.1) is 5.41 Å². The Kier molecular flexibility index (Phi) is 6.68. The Hall–Kier alpha value is -3.10. The third-order valence-electron chi connectivity index (χ3n) is 8.60. The molecule has 0 spiro atoms. The quantitative estimate of drug-likeness (QED) is 0.520. The molecule has 1 amide bonds. The van der Waals surface area contributed by atoms with Crippen LogP contribution in [0, 0.1) is 5.41 Å². The minimum absolute atomic E-state index is 0.0587. The second kappa shape index (κ2) is 9.58. The first-order valence-electron chi connectivity index (χ1n) is 13.5. The number of aliphatic hydroxyl groups is 1. The van der Waals surface area contributed by atoms with Crippen LogP contribution in [-0.4, -0.2) is 69.2 Å². The van der Waals surface area contributed by atoms with Gasteiger partial charge in [0.2, 0.25) is 17.6 Å². The number of piperidine rings is 1. The first kappa shape index (κ1) is 26.5. The Morgan fingerprint density at radius 1 is 1.11 bits per heavy atom. The predicted molar refractivity (Wildman–Crippen MR) is 146 cm³/mol. The highest BCUT2D eigenvalue weighted by Crippen LogP contribution is 2.50. The summed E-state index contributed by atoms with van der Waals surface area (Å²) in [6.07, 6.45) is 5.22. The smallest absolute Gasteiger partial charge is 0.234 e. The first-order chi connectivity index (χ1) is 17.9. The Balaban J connectivity index is 1.51. The van der Waals surface area contributed by atoms with E-state index in [0.29, 0.717) is 35.3 Å². The maximum Gasteiger partial charge on any atom is 0.234 e. The van der Waals surface area contributed by atoms with Crippen molar-refractivity contribution in [2.45, 2.75) is 64.4 Å². The van der Waals surface area contributed by atoms with E-state index >= 15 is 0 Å². The molecule has 1 unspecified atom stereocenters. The standard InChI is InChI=1S/C30H39N5O3/c1-20(2)22-8-10-24(11-9-22)30(37,29(5)18-34(6)19-29)25-14-23(15-31-16-25)26-32-27(38-33-26)28(4)12-7-13-35(17-28)21(3)36/h8-11,14-16,20,37H,7,12-13,17-19H2,1-6H3/t28?,30-/m0/s1. The highest BCUT2D eigenvalue weighted by atomic mass is 16.5. The second-order valence-corrected chi connectivity index (χ2v) is 12.2. The lowest BCUT2D eigenvalue weighted by Crippen LogP contribution is -2.63. The van der Waals surface area contributed by atoms with Crippen molar-refractivity contribution >= 4 is 5.91 Å². The van der Waals surface area contributed by atoms with Crippen LogP contribution in [0.1, 0.15) is 76.0 Å². The maximum atomic E-state index is 12.5. The van der Waals surface area contributed by atoms with E-state index in [4.69, 9.17) is 9.51 Å².